The fraction of sp³-hybridized carbons (Fsp3) is 0.615. The Bertz CT molecular complexity index is 331. The number of hydrogen-bond donors (Lipinski definition) is 0. The third-order valence-corrected chi connectivity index (χ3v) is 3.81. The number of aliphatic imine (C=N–C) groups is 1. The van der Waals surface area contributed by atoms with Crippen LogP contribution in [0.3, 0.4) is 0 Å². The molecule has 0 N–H and O–H groups in total. The van der Waals surface area contributed by atoms with Crippen LogP contribution in [0.5, 0.6) is 0 Å². The summed E-state index contributed by atoms with van der Waals surface area (Å²) in [6.07, 6.45) is 7.78. The second-order valence-electron chi connectivity index (χ2n) is 5.03. The lowest BCUT2D eigenvalue weighted by molar-refractivity contribution is 0.274. The van der Waals surface area contributed by atoms with Crippen LogP contribution < -0.4 is 0 Å². The van der Waals surface area contributed by atoms with Crippen LogP contribution in [0.4, 0.5) is 0 Å². The third kappa shape index (κ3) is 1.35. The molecule has 1 nitrogen and oxygen atoms in total. The monoisotopic (exact) mass is 189 g/mol. The largest absolute Gasteiger partial charge is 0.279 e. The smallest absolute Gasteiger partial charge is 0.0609 e. The SMILES string of the molecule is CC1C2=CCC=CC2=NC(C)(C)C1C. The fourth-order valence-electron chi connectivity index (χ4n) is 2.39. The molecule has 2 atom stereocenters. The van der Waals surface area contributed by atoms with Crippen LogP contribution in [-0.2, 0) is 0 Å². The maximum atomic E-state index is 4.83. The summed E-state index contributed by atoms with van der Waals surface area (Å²) in [4.78, 5) is 4.83. The van der Waals surface area contributed by atoms with Crippen molar-refractivity contribution in [1.29, 1.82) is 0 Å². The topological polar surface area (TPSA) is 12.4 Å². The molecule has 0 aromatic carbocycles. The molecule has 2 aliphatic rings. The van der Waals surface area contributed by atoms with Crippen molar-refractivity contribution in [2.45, 2.75) is 39.7 Å². The first-order chi connectivity index (χ1) is 6.52. The predicted octanol–water partition coefficient (Wildman–Crippen LogP) is 3.38. The van der Waals surface area contributed by atoms with Crippen LogP contribution in [0.2, 0.25) is 0 Å². The molecule has 76 valence electrons. The molecule has 1 aliphatic carbocycles. The quantitative estimate of drug-likeness (QED) is 0.554. The minimum Gasteiger partial charge on any atom is -0.279 e. The highest BCUT2D eigenvalue weighted by Gasteiger charge is 2.36. The molecule has 1 heterocycles. The van der Waals surface area contributed by atoms with Gasteiger partial charge in [0.15, 0.2) is 0 Å². The summed E-state index contributed by atoms with van der Waals surface area (Å²) in [5.41, 5.74) is 2.76. The Hall–Kier alpha value is -0.850. The lowest BCUT2D eigenvalue weighted by Gasteiger charge is -2.40. The zero-order chi connectivity index (χ0) is 10.3. The van der Waals surface area contributed by atoms with Gasteiger partial charge in [0.25, 0.3) is 0 Å². The molecule has 0 aromatic heterocycles. The summed E-state index contributed by atoms with van der Waals surface area (Å²) in [5, 5.41) is 0. The minimum absolute atomic E-state index is 0.0910. The Morgan fingerprint density at radius 2 is 2.07 bits per heavy atom. The molecule has 0 amide bonds. The molecule has 0 saturated heterocycles. The number of allylic oxidation sites excluding steroid dienone is 4. The standard InChI is InChI=1S/C13H19N/c1-9-10(2)13(3,4)14-12-8-6-5-7-11(9)12/h6-10H,5H2,1-4H3. The third-order valence-electron chi connectivity index (χ3n) is 3.81. The number of fused-ring (bicyclic) bond motifs is 1. The van der Waals surface area contributed by atoms with Crippen LogP contribution >= 0.6 is 0 Å². The Kier molecular flexibility index (Phi) is 2.13. The Morgan fingerprint density at radius 3 is 2.79 bits per heavy atom. The molecule has 0 bridgehead atoms. The molecular formula is C13H19N. The fourth-order valence-corrected chi connectivity index (χ4v) is 2.39. The van der Waals surface area contributed by atoms with E-state index in [2.05, 4.69) is 45.9 Å². The van der Waals surface area contributed by atoms with Gasteiger partial charge in [-0.15, -0.1) is 0 Å². The maximum Gasteiger partial charge on any atom is 0.0609 e. The van der Waals surface area contributed by atoms with Gasteiger partial charge in [0.05, 0.1) is 11.3 Å². The summed E-state index contributed by atoms with van der Waals surface area (Å²) in [6, 6.07) is 0. The Labute approximate surface area is 86.6 Å². The lowest BCUT2D eigenvalue weighted by atomic mass is 9.72. The van der Waals surface area contributed by atoms with E-state index in [1.807, 2.05) is 0 Å². The van der Waals surface area contributed by atoms with Gasteiger partial charge in [0.1, 0.15) is 0 Å². The van der Waals surface area contributed by atoms with Crippen molar-refractivity contribution >= 4 is 5.71 Å². The van der Waals surface area contributed by atoms with Crippen LogP contribution in [0.25, 0.3) is 0 Å². The van der Waals surface area contributed by atoms with Gasteiger partial charge in [0, 0.05) is 0 Å². The summed E-state index contributed by atoms with van der Waals surface area (Å²) in [7, 11) is 0. The summed E-state index contributed by atoms with van der Waals surface area (Å²) >= 11 is 0. The van der Waals surface area contributed by atoms with Crippen molar-refractivity contribution in [3.8, 4) is 0 Å². The van der Waals surface area contributed by atoms with Crippen molar-refractivity contribution in [1.82, 2.24) is 0 Å². The highest BCUT2D eigenvalue weighted by molar-refractivity contribution is 6.10. The zero-order valence-electron chi connectivity index (χ0n) is 9.54. The van der Waals surface area contributed by atoms with Crippen molar-refractivity contribution in [2.24, 2.45) is 16.8 Å². The maximum absolute atomic E-state index is 4.83. The van der Waals surface area contributed by atoms with Gasteiger partial charge >= 0.3 is 0 Å². The number of nitrogens with zero attached hydrogens (tertiary/aromatic N) is 1. The van der Waals surface area contributed by atoms with Gasteiger partial charge in [-0.2, -0.15) is 0 Å². The van der Waals surface area contributed by atoms with E-state index >= 15 is 0 Å². The highest BCUT2D eigenvalue weighted by atomic mass is 14.9. The Morgan fingerprint density at radius 1 is 1.36 bits per heavy atom. The molecule has 2 unspecified atom stereocenters. The second kappa shape index (κ2) is 3.08. The minimum atomic E-state index is 0.0910. The van der Waals surface area contributed by atoms with E-state index in [0.29, 0.717) is 11.8 Å². The van der Waals surface area contributed by atoms with Gasteiger partial charge in [-0.1, -0.05) is 26.0 Å². The van der Waals surface area contributed by atoms with E-state index in [1.165, 1.54) is 11.3 Å². The highest BCUT2D eigenvalue weighted by Crippen LogP contribution is 2.38. The Balaban J connectivity index is 2.47. The number of hydrogen-bond acceptors (Lipinski definition) is 1. The first kappa shape index (κ1) is 9.70. The summed E-state index contributed by atoms with van der Waals surface area (Å²) < 4.78 is 0. The summed E-state index contributed by atoms with van der Waals surface area (Å²) in [6.45, 7) is 9.11. The van der Waals surface area contributed by atoms with Crippen molar-refractivity contribution in [2.75, 3.05) is 0 Å². The van der Waals surface area contributed by atoms with E-state index in [4.69, 9.17) is 4.99 Å². The molecule has 1 aliphatic heterocycles. The lowest BCUT2D eigenvalue weighted by Crippen LogP contribution is -2.39. The first-order valence-corrected chi connectivity index (χ1v) is 5.49. The van der Waals surface area contributed by atoms with Crippen molar-refractivity contribution in [3.63, 3.8) is 0 Å². The first-order valence-electron chi connectivity index (χ1n) is 5.49. The molecule has 14 heavy (non-hydrogen) atoms. The van der Waals surface area contributed by atoms with Gasteiger partial charge in [-0.05, 0) is 43.8 Å². The van der Waals surface area contributed by atoms with Gasteiger partial charge in [0.2, 0.25) is 0 Å². The van der Waals surface area contributed by atoms with E-state index < -0.39 is 0 Å². The van der Waals surface area contributed by atoms with E-state index in [9.17, 15) is 0 Å². The van der Waals surface area contributed by atoms with Gasteiger partial charge in [-0.3, -0.25) is 4.99 Å². The predicted molar refractivity (Wildman–Crippen MR) is 61.7 cm³/mol. The average Bonchev–Trinajstić information content (AvgIpc) is 2.14. The van der Waals surface area contributed by atoms with Gasteiger partial charge < -0.3 is 0 Å². The summed E-state index contributed by atoms with van der Waals surface area (Å²) in [5.74, 6) is 1.27. The average molecular weight is 189 g/mol. The second-order valence-corrected chi connectivity index (χ2v) is 5.03. The normalized spacial score (nSPS) is 34.6. The molecule has 0 saturated carbocycles. The van der Waals surface area contributed by atoms with Crippen molar-refractivity contribution < 1.29 is 0 Å². The molecular weight excluding hydrogens is 170 g/mol. The van der Waals surface area contributed by atoms with E-state index in [-0.39, 0.29) is 5.54 Å². The molecule has 0 fully saturated rings. The van der Waals surface area contributed by atoms with Crippen molar-refractivity contribution in [3.05, 3.63) is 23.8 Å². The van der Waals surface area contributed by atoms with E-state index in [0.717, 1.165) is 6.42 Å². The molecule has 2 rings (SSSR count). The van der Waals surface area contributed by atoms with Crippen LogP contribution in [0.15, 0.2) is 28.8 Å². The van der Waals surface area contributed by atoms with Crippen LogP contribution in [-0.4, -0.2) is 11.3 Å². The zero-order valence-corrected chi connectivity index (χ0v) is 9.54. The molecule has 0 spiro atoms. The molecule has 1 heteroatoms. The van der Waals surface area contributed by atoms with Crippen LogP contribution in [0.1, 0.15) is 34.1 Å². The molecule has 0 aromatic rings. The number of rotatable bonds is 0. The van der Waals surface area contributed by atoms with Crippen LogP contribution in [0, 0.1) is 11.8 Å². The van der Waals surface area contributed by atoms with Gasteiger partial charge in [-0.25, -0.2) is 0 Å². The van der Waals surface area contributed by atoms with E-state index in [1.54, 1.807) is 0 Å². The molecule has 0 radical (unpaired) electrons.